The van der Waals surface area contributed by atoms with Crippen LogP contribution >= 0.6 is 0 Å². The Labute approximate surface area is 166 Å². The molecule has 0 bridgehead atoms. The molecule has 0 aliphatic carbocycles. The van der Waals surface area contributed by atoms with Crippen molar-refractivity contribution in [3.63, 3.8) is 0 Å². The lowest BCUT2D eigenvalue weighted by molar-refractivity contribution is -0.127. The van der Waals surface area contributed by atoms with E-state index in [1.54, 1.807) is 0 Å². The number of nitrogens with one attached hydrogen (secondary N) is 1. The van der Waals surface area contributed by atoms with Crippen LogP contribution in [-0.2, 0) is 9.59 Å². The van der Waals surface area contributed by atoms with Crippen LogP contribution in [0.25, 0.3) is 0 Å². The monoisotopic (exact) mass is 381 g/mol. The second-order valence-electron chi connectivity index (χ2n) is 7.43. The van der Waals surface area contributed by atoms with E-state index >= 15 is 0 Å². The SMILES string of the molecule is CCCCCCCC/C=C\CCCCCCCC(=O)N[C@@H](CCN)C(N)=O. The maximum Gasteiger partial charge on any atom is 0.240 e. The molecule has 1 atom stereocenters. The zero-order chi connectivity index (χ0) is 20.2. The quantitative estimate of drug-likeness (QED) is 0.229. The molecule has 0 aromatic rings. The molecule has 0 spiro atoms. The lowest BCUT2D eigenvalue weighted by atomic mass is 10.1. The molecule has 0 aromatic heterocycles. The Hall–Kier alpha value is -1.36. The minimum Gasteiger partial charge on any atom is -0.368 e. The average Bonchev–Trinajstić information content (AvgIpc) is 2.64. The van der Waals surface area contributed by atoms with Gasteiger partial charge in [-0.1, -0.05) is 70.4 Å². The van der Waals surface area contributed by atoms with Crippen LogP contribution in [0.3, 0.4) is 0 Å². The van der Waals surface area contributed by atoms with E-state index < -0.39 is 11.9 Å². The van der Waals surface area contributed by atoms with Crippen molar-refractivity contribution in [1.82, 2.24) is 5.32 Å². The summed E-state index contributed by atoms with van der Waals surface area (Å²) in [6, 6.07) is -0.634. The Balaban J connectivity index is 3.42. The number of carbonyl (C=O) groups excluding carboxylic acids is 2. The number of allylic oxidation sites excluding steroid dienone is 2. The second kappa shape index (κ2) is 19.4. The molecular weight excluding hydrogens is 338 g/mol. The van der Waals surface area contributed by atoms with Gasteiger partial charge in [0.1, 0.15) is 6.04 Å². The lowest BCUT2D eigenvalue weighted by Crippen LogP contribution is -2.45. The Morgan fingerprint density at radius 2 is 1.37 bits per heavy atom. The zero-order valence-electron chi connectivity index (χ0n) is 17.5. The number of hydrogen-bond donors (Lipinski definition) is 3. The topological polar surface area (TPSA) is 98.2 Å². The van der Waals surface area contributed by atoms with Gasteiger partial charge in [-0.3, -0.25) is 9.59 Å². The van der Waals surface area contributed by atoms with Crippen LogP contribution in [-0.4, -0.2) is 24.4 Å². The van der Waals surface area contributed by atoms with Gasteiger partial charge >= 0.3 is 0 Å². The summed E-state index contributed by atoms with van der Waals surface area (Å²) in [5, 5.41) is 2.66. The molecule has 5 heteroatoms. The van der Waals surface area contributed by atoms with Crippen molar-refractivity contribution in [3.05, 3.63) is 12.2 Å². The largest absolute Gasteiger partial charge is 0.368 e. The molecule has 0 saturated heterocycles. The van der Waals surface area contributed by atoms with Crippen LogP contribution in [0.1, 0.15) is 103 Å². The van der Waals surface area contributed by atoms with Crippen LogP contribution in [0.15, 0.2) is 12.2 Å². The molecule has 0 heterocycles. The number of carbonyl (C=O) groups is 2. The summed E-state index contributed by atoms with van der Waals surface area (Å²) in [7, 11) is 0. The zero-order valence-corrected chi connectivity index (χ0v) is 17.5. The van der Waals surface area contributed by atoms with E-state index in [-0.39, 0.29) is 5.91 Å². The van der Waals surface area contributed by atoms with Gasteiger partial charge in [0.05, 0.1) is 0 Å². The van der Waals surface area contributed by atoms with Crippen molar-refractivity contribution in [2.45, 2.75) is 109 Å². The van der Waals surface area contributed by atoms with Gasteiger partial charge in [0.25, 0.3) is 0 Å². The highest BCUT2D eigenvalue weighted by molar-refractivity contribution is 5.86. The van der Waals surface area contributed by atoms with Crippen LogP contribution < -0.4 is 16.8 Å². The third-order valence-corrected chi connectivity index (χ3v) is 4.80. The van der Waals surface area contributed by atoms with Crippen LogP contribution in [0.2, 0.25) is 0 Å². The number of primary amides is 1. The van der Waals surface area contributed by atoms with Crippen molar-refractivity contribution in [2.75, 3.05) is 6.54 Å². The predicted octanol–water partition coefficient (Wildman–Crippen LogP) is 4.34. The molecule has 0 saturated carbocycles. The standard InChI is InChI=1S/C22H43N3O2/c1-2-3-4-5-6-7-8-9-10-11-12-13-14-15-16-17-21(26)25-20(18-19-23)22(24)27/h9-10,20H,2-8,11-19,23H2,1H3,(H2,24,27)(H,25,26)/b10-9-/t20-/m0/s1. The molecule has 0 aliphatic rings. The Kier molecular flexibility index (Phi) is 18.4. The highest BCUT2D eigenvalue weighted by Crippen LogP contribution is 2.10. The predicted molar refractivity (Wildman–Crippen MR) is 114 cm³/mol. The minimum atomic E-state index is -0.634. The molecule has 0 radical (unpaired) electrons. The van der Waals surface area contributed by atoms with E-state index in [1.165, 1.54) is 57.8 Å². The van der Waals surface area contributed by atoms with Gasteiger partial charge in [-0.2, -0.15) is 0 Å². The van der Waals surface area contributed by atoms with Crippen LogP contribution in [0.5, 0.6) is 0 Å². The van der Waals surface area contributed by atoms with Gasteiger partial charge in [0.2, 0.25) is 11.8 Å². The molecule has 5 nitrogen and oxygen atoms in total. The number of nitrogens with two attached hydrogens (primary N) is 2. The normalized spacial score (nSPS) is 12.4. The molecule has 27 heavy (non-hydrogen) atoms. The van der Waals surface area contributed by atoms with Gasteiger partial charge < -0.3 is 16.8 Å². The third-order valence-electron chi connectivity index (χ3n) is 4.80. The molecule has 0 fully saturated rings. The maximum absolute atomic E-state index is 11.8. The first-order chi connectivity index (χ1) is 13.1. The van der Waals surface area contributed by atoms with Gasteiger partial charge in [0, 0.05) is 6.42 Å². The van der Waals surface area contributed by atoms with Crippen molar-refractivity contribution >= 4 is 11.8 Å². The van der Waals surface area contributed by atoms with E-state index in [2.05, 4.69) is 24.4 Å². The summed E-state index contributed by atoms with van der Waals surface area (Å²) in [6.07, 6.45) is 21.5. The Morgan fingerprint density at radius 3 is 1.89 bits per heavy atom. The first-order valence-electron chi connectivity index (χ1n) is 11.1. The third kappa shape index (κ3) is 17.8. The lowest BCUT2D eigenvalue weighted by Gasteiger charge is -2.14. The van der Waals surface area contributed by atoms with Crippen molar-refractivity contribution in [2.24, 2.45) is 11.5 Å². The van der Waals surface area contributed by atoms with Gasteiger partial charge in [-0.05, 0) is 45.1 Å². The molecule has 5 N–H and O–H groups in total. The maximum atomic E-state index is 11.8. The highest BCUT2D eigenvalue weighted by atomic mass is 16.2. The van der Waals surface area contributed by atoms with E-state index in [9.17, 15) is 9.59 Å². The number of rotatable bonds is 19. The number of amides is 2. The minimum absolute atomic E-state index is 0.107. The van der Waals surface area contributed by atoms with Gasteiger partial charge in [-0.15, -0.1) is 0 Å². The first kappa shape index (κ1) is 25.6. The fourth-order valence-corrected chi connectivity index (χ4v) is 3.08. The summed E-state index contributed by atoms with van der Waals surface area (Å²) >= 11 is 0. The highest BCUT2D eigenvalue weighted by Gasteiger charge is 2.16. The van der Waals surface area contributed by atoms with Gasteiger partial charge in [-0.25, -0.2) is 0 Å². The summed E-state index contributed by atoms with van der Waals surface area (Å²) in [4.78, 5) is 23.0. The Morgan fingerprint density at radius 1 is 0.852 bits per heavy atom. The van der Waals surface area contributed by atoms with Crippen LogP contribution in [0, 0.1) is 0 Å². The van der Waals surface area contributed by atoms with Crippen molar-refractivity contribution in [3.8, 4) is 0 Å². The summed E-state index contributed by atoms with van der Waals surface area (Å²) < 4.78 is 0. The molecular formula is C22H43N3O2. The van der Waals surface area contributed by atoms with E-state index in [1.807, 2.05) is 0 Å². The fraction of sp³-hybridized carbons (Fsp3) is 0.818. The molecule has 0 rings (SSSR count). The van der Waals surface area contributed by atoms with Crippen molar-refractivity contribution < 1.29 is 9.59 Å². The Bertz CT molecular complexity index is 397. The number of hydrogen-bond acceptors (Lipinski definition) is 3. The average molecular weight is 382 g/mol. The molecule has 0 aromatic carbocycles. The molecule has 0 aliphatic heterocycles. The fourth-order valence-electron chi connectivity index (χ4n) is 3.08. The van der Waals surface area contributed by atoms with E-state index in [0.717, 1.165) is 25.7 Å². The second-order valence-corrected chi connectivity index (χ2v) is 7.43. The van der Waals surface area contributed by atoms with E-state index in [0.29, 0.717) is 19.4 Å². The van der Waals surface area contributed by atoms with Gasteiger partial charge in [0.15, 0.2) is 0 Å². The summed E-state index contributed by atoms with van der Waals surface area (Å²) in [5.74, 6) is -0.622. The molecule has 2 amide bonds. The van der Waals surface area contributed by atoms with E-state index in [4.69, 9.17) is 11.5 Å². The summed E-state index contributed by atoms with van der Waals surface area (Å²) in [5.41, 5.74) is 10.7. The summed E-state index contributed by atoms with van der Waals surface area (Å²) in [6.45, 7) is 2.59. The first-order valence-corrected chi connectivity index (χ1v) is 11.1. The molecule has 0 unspecified atom stereocenters. The number of unbranched alkanes of at least 4 members (excludes halogenated alkanes) is 11. The van der Waals surface area contributed by atoms with Crippen molar-refractivity contribution in [1.29, 1.82) is 0 Å². The smallest absolute Gasteiger partial charge is 0.240 e. The molecule has 158 valence electrons. The van der Waals surface area contributed by atoms with Crippen LogP contribution in [0.4, 0.5) is 0 Å².